The Labute approximate surface area is 189 Å². The monoisotopic (exact) mass is 447 g/mol. The number of anilines is 2. The van der Waals surface area contributed by atoms with Gasteiger partial charge in [-0.05, 0) is 57.0 Å². The molecule has 3 heterocycles. The van der Waals surface area contributed by atoms with Crippen LogP contribution in [0.3, 0.4) is 0 Å². The van der Waals surface area contributed by atoms with E-state index in [1.165, 1.54) is 31.0 Å². The fraction of sp³-hybridized carbons (Fsp3) is 0.652. The lowest BCUT2D eigenvalue weighted by atomic mass is 10.0. The molecule has 0 radical (unpaired) electrons. The van der Waals surface area contributed by atoms with Gasteiger partial charge < -0.3 is 20.3 Å². The van der Waals surface area contributed by atoms with Gasteiger partial charge in [0.2, 0.25) is 5.91 Å². The van der Waals surface area contributed by atoms with Crippen molar-refractivity contribution in [3.05, 3.63) is 24.0 Å². The van der Waals surface area contributed by atoms with Gasteiger partial charge in [0, 0.05) is 50.9 Å². The maximum Gasteiger partial charge on any atom is 0.321 e. The van der Waals surface area contributed by atoms with Gasteiger partial charge in [-0.25, -0.2) is 9.18 Å². The molecule has 32 heavy (non-hydrogen) atoms. The number of benzene rings is 1. The van der Waals surface area contributed by atoms with Crippen molar-refractivity contribution in [2.75, 3.05) is 69.7 Å². The molecule has 0 saturated carbocycles. The Bertz CT molecular complexity index is 796. The highest BCUT2D eigenvalue weighted by Crippen LogP contribution is 2.23. The number of halogens is 1. The van der Waals surface area contributed by atoms with Crippen LogP contribution in [-0.2, 0) is 9.53 Å². The summed E-state index contributed by atoms with van der Waals surface area (Å²) < 4.78 is 19.6. The van der Waals surface area contributed by atoms with Gasteiger partial charge in [0.15, 0.2) is 0 Å². The van der Waals surface area contributed by atoms with Crippen molar-refractivity contribution in [2.45, 2.75) is 38.1 Å². The Morgan fingerprint density at radius 2 is 1.81 bits per heavy atom. The highest BCUT2D eigenvalue weighted by atomic mass is 19.1. The molecule has 9 heteroatoms. The number of morpholine rings is 1. The van der Waals surface area contributed by atoms with Gasteiger partial charge in [-0.3, -0.25) is 14.6 Å². The minimum Gasteiger partial charge on any atom is -0.379 e. The number of carbonyl (C=O) groups is 2. The number of hydrogen-bond donors (Lipinski definition) is 2. The molecule has 3 fully saturated rings. The smallest absolute Gasteiger partial charge is 0.321 e. The number of carbonyl (C=O) groups excluding carboxylic acids is 2. The van der Waals surface area contributed by atoms with Crippen LogP contribution in [0.1, 0.15) is 32.1 Å². The number of nitrogens with zero attached hydrogens (tertiary/aromatic N) is 3. The lowest BCUT2D eigenvalue weighted by molar-refractivity contribution is -0.116. The highest BCUT2D eigenvalue weighted by molar-refractivity contribution is 5.93. The number of likely N-dealkylation sites (tertiary alicyclic amines) is 2. The van der Waals surface area contributed by atoms with Gasteiger partial charge in [0.05, 0.1) is 18.9 Å². The van der Waals surface area contributed by atoms with Crippen molar-refractivity contribution >= 4 is 23.3 Å². The van der Waals surface area contributed by atoms with E-state index in [9.17, 15) is 14.0 Å². The molecule has 8 nitrogen and oxygen atoms in total. The number of ether oxygens (including phenoxy) is 1. The van der Waals surface area contributed by atoms with Crippen LogP contribution in [0.25, 0.3) is 0 Å². The number of amides is 3. The van der Waals surface area contributed by atoms with Gasteiger partial charge >= 0.3 is 6.03 Å². The van der Waals surface area contributed by atoms with Crippen molar-refractivity contribution in [2.24, 2.45) is 0 Å². The highest BCUT2D eigenvalue weighted by Gasteiger charge is 2.29. The molecular weight excluding hydrogens is 413 g/mol. The first-order chi connectivity index (χ1) is 15.6. The normalized spacial score (nSPS) is 22.7. The summed E-state index contributed by atoms with van der Waals surface area (Å²) in [6, 6.07) is 4.54. The number of urea groups is 1. The molecule has 4 rings (SSSR count). The lowest BCUT2D eigenvalue weighted by Crippen LogP contribution is -2.50. The summed E-state index contributed by atoms with van der Waals surface area (Å²) in [5, 5.41) is 5.52. The first-order valence-corrected chi connectivity index (χ1v) is 11.8. The van der Waals surface area contributed by atoms with E-state index >= 15 is 0 Å². The van der Waals surface area contributed by atoms with E-state index in [-0.39, 0.29) is 24.0 Å². The minimum atomic E-state index is -0.519. The van der Waals surface area contributed by atoms with Gasteiger partial charge in [-0.15, -0.1) is 0 Å². The predicted octanol–water partition coefficient (Wildman–Crippen LogP) is 2.58. The maximum absolute atomic E-state index is 14.3. The summed E-state index contributed by atoms with van der Waals surface area (Å²) in [6.07, 6.45) is 4.86. The topological polar surface area (TPSA) is 77.1 Å². The molecule has 3 aliphatic rings. The Balaban J connectivity index is 1.29. The standard InChI is InChI=1S/C23H34FN5O3/c24-20-6-5-18(16-21(20)26-22(30)7-11-27-12-14-32-15-13-27)25-23(31)29-10-3-4-19(17-29)28-8-1-2-9-28/h5-6,16,19H,1-4,7-15,17H2,(H,25,31)(H,26,30). The Morgan fingerprint density at radius 1 is 1.03 bits per heavy atom. The number of rotatable bonds is 6. The maximum atomic E-state index is 14.3. The van der Waals surface area contributed by atoms with E-state index in [1.54, 1.807) is 0 Å². The van der Waals surface area contributed by atoms with E-state index < -0.39 is 5.82 Å². The van der Waals surface area contributed by atoms with Crippen LogP contribution < -0.4 is 10.6 Å². The van der Waals surface area contributed by atoms with Crippen molar-refractivity contribution in [3.63, 3.8) is 0 Å². The third kappa shape index (κ3) is 6.17. The molecular formula is C23H34FN5O3. The van der Waals surface area contributed by atoms with Crippen LogP contribution in [-0.4, -0.2) is 91.7 Å². The second-order valence-corrected chi connectivity index (χ2v) is 8.86. The van der Waals surface area contributed by atoms with Gasteiger partial charge in [0.25, 0.3) is 0 Å². The third-order valence-corrected chi connectivity index (χ3v) is 6.59. The molecule has 176 valence electrons. The zero-order chi connectivity index (χ0) is 22.3. The van der Waals surface area contributed by atoms with Crippen LogP contribution in [0.4, 0.5) is 20.6 Å². The third-order valence-electron chi connectivity index (χ3n) is 6.59. The van der Waals surface area contributed by atoms with E-state index in [0.29, 0.717) is 31.5 Å². The second kappa shape index (κ2) is 11.1. The lowest BCUT2D eigenvalue weighted by Gasteiger charge is -2.37. The first kappa shape index (κ1) is 22.9. The first-order valence-electron chi connectivity index (χ1n) is 11.8. The summed E-state index contributed by atoms with van der Waals surface area (Å²) >= 11 is 0. The second-order valence-electron chi connectivity index (χ2n) is 8.86. The molecule has 0 aliphatic carbocycles. The van der Waals surface area contributed by atoms with Crippen molar-refractivity contribution in [1.82, 2.24) is 14.7 Å². The number of nitrogens with one attached hydrogen (secondary N) is 2. The Morgan fingerprint density at radius 3 is 2.59 bits per heavy atom. The summed E-state index contributed by atoms with van der Waals surface area (Å²) in [6.45, 7) is 7.25. The molecule has 2 N–H and O–H groups in total. The molecule has 1 aromatic carbocycles. The Kier molecular flexibility index (Phi) is 7.94. The minimum absolute atomic E-state index is 0.0864. The fourth-order valence-electron chi connectivity index (χ4n) is 4.74. The van der Waals surface area contributed by atoms with Crippen molar-refractivity contribution in [3.8, 4) is 0 Å². The largest absolute Gasteiger partial charge is 0.379 e. The Hall–Kier alpha value is -2.23. The summed E-state index contributed by atoms with van der Waals surface area (Å²) in [5.74, 6) is -0.766. The summed E-state index contributed by atoms with van der Waals surface area (Å²) in [7, 11) is 0. The van der Waals surface area contributed by atoms with Crippen LogP contribution in [0.2, 0.25) is 0 Å². The van der Waals surface area contributed by atoms with E-state index in [4.69, 9.17) is 4.74 Å². The van der Waals surface area contributed by atoms with Crippen molar-refractivity contribution < 1.29 is 18.7 Å². The molecule has 3 amide bonds. The zero-order valence-electron chi connectivity index (χ0n) is 18.7. The molecule has 0 bridgehead atoms. The molecule has 3 saturated heterocycles. The molecule has 1 atom stereocenters. The zero-order valence-corrected chi connectivity index (χ0v) is 18.7. The number of piperidine rings is 1. The van der Waals surface area contributed by atoms with Crippen LogP contribution in [0.5, 0.6) is 0 Å². The fourth-order valence-corrected chi connectivity index (χ4v) is 4.74. The van der Waals surface area contributed by atoms with Crippen LogP contribution >= 0.6 is 0 Å². The predicted molar refractivity (Wildman–Crippen MR) is 121 cm³/mol. The molecule has 1 unspecified atom stereocenters. The SMILES string of the molecule is O=C(CCN1CCOCC1)Nc1cc(NC(=O)N2CCCC(N3CCCC3)C2)ccc1F. The van der Waals surface area contributed by atoms with Gasteiger partial charge in [0.1, 0.15) is 5.82 Å². The van der Waals surface area contributed by atoms with Crippen molar-refractivity contribution in [1.29, 1.82) is 0 Å². The summed E-state index contributed by atoms with van der Waals surface area (Å²) in [5.41, 5.74) is 0.562. The quantitative estimate of drug-likeness (QED) is 0.701. The molecule has 1 aromatic rings. The molecule has 3 aliphatic heterocycles. The van der Waals surface area contributed by atoms with Crippen LogP contribution in [0.15, 0.2) is 18.2 Å². The van der Waals surface area contributed by atoms with E-state index in [1.807, 2.05) is 4.90 Å². The van der Waals surface area contributed by atoms with E-state index in [2.05, 4.69) is 20.4 Å². The van der Waals surface area contributed by atoms with Crippen LogP contribution in [0, 0.1) is 5.82 Å². The average molecular weight is 448 g/mol. The number of hydrogen-bond acceptors (Lipinski definition) is 5. The van der Waals surface area contributed by atoms with Gasteiger partial charge in [-0.2, -0.15) is 0 Å². The van der Waals surface area contributed by atoms with E-state index in [0.717, 1.165) is 52.1 Å². The average Bonchev–Trinajstić information content (AvgIpc) is 3.36. The van der Waals surface area contributed by atoms with Gasteiger partial charge in [-0.1, -0.05) is 0 Å². The molecule has 0 aromatic heterocycles. The summed E-state index contributed by atoms with van der Waals surface area (Å²) in [4.78, 5) is 31.6. The molecule has 0 spiro atoms.